The number of pyridine rings is 1. The van der Waals surface area contributed by atoms with Crippen LogP contribution < -0.4 is 5.73 Å². The fourth-order valence-corrected chi connectivity index (χ4v) is 1.88. The predicted molar refractivity (Wildman–Crippen MR) is 55.7 cm³/mol. The molecule has 0 fully saturated rings. The Morgan fingerprint density at radius 2 is 2.43 bits per heavy atom. The normalized spacial score (nSPS) is 14.8. The number of aliphatic carboxylic acids is 1. The van der Waals surface area contributed by atoms with Crippen LogP contribution in [0.25, 0.3) is 0 Å². The third-order valence-corrected chi connectivity index (χ3v) is 2.59. The first kappa shape index (κ1) is 11.1. The van der Waals surface area contributed by atoms with Crippen LogP contribution in [-0.2, 0) is 10.3 Å². The highest BCUT2D eigenvalue weighted by Crippen LogP contribution is 2.27. The molecule has 0 unspecified atom stereocenters. The van der Waals surface area contributed by atoms with Gasteiger partial charge in [-0.15, -0.1) is 0 Å². The lowest BCUT2D eigenvalue weighted by molar-refractivity contribution is -0.138. The van der Waals surface area contributed by atoms with E-state index in [0.717, 1.165) is 4.47 Å². The topological polar surface area (TPSA) is 76.2 Å². The van der Waals surface area contributed by atoms with Gasteiger partial charge in [-0.1, -0.05) is 15.9 Å². The van der Waals surface area contributed by atoms with Crippen LogP contribution in [-0.4, -0.2) is 16.1 Å². The first-order valence-corrected chi connectivity index (χ1v) is 4.83. The first-order chi connectivity index (χ1) is 6.43. The van der Waals surface area contributed by atoms with Crippen LogP contribution in [0.4, 0.5) is 0 Å². The predicted octanol–water partition coefficient (Wildman–Crippen LogP) is 1.49. The van der Waals surface area contributed by atoms with Crippen molar-refractivity contribution in [1.82, 2.24) is 4.98 Å². The first-order valence-electron chi connectivity index (χ1n) is 4.04. The summed E-state index contributed by atoms with van der Waals surface area (Å²) in [6, 6.07) is 1.74. The van der Waals surface area contributed by atoms with Gasteiger partial charge in [0.2, 0.25) is 0 Å². The lowest BCUT2D eigenvalue weighted by Gasteiger charge is -2.23. The zero-order valence-corrected chi connectivity index (χ0v) is 9.28. The Kier molecular flexibility index (Phi) is 3.23. The molecule has 0 spiro atoms. The Balaban J connectivity index is 3.03. The van der Waals surface area contributed by atoms with Crippen molar-refractivity contribution < 1.29 is 9.90 Å². The summed E-state index contributed by atoms with van der Waals surface area (Å²) in [4.78, 5) is 14.5. The second-order valence-corrected chi connectivity index (χ2v) is 4.20. The monoisotopic (exact) mass is 258 g/mol. The van der Waals surface area contributed by atoms with E-state index in [9.17, 15) is 4.79 Å². The maximum absolute atomic E-state index is 10.6. The lowest BCUT2D eigenvalue weighted by Crippen LogP contribution is -2.36. The number of carboxylic acid groups (broad SMARTS) is 1. The summed E-state index contributed by atoms with van der Waals surface area (Å²) < 4.78 is 0.777. The van der Waals surface area contributed by atoms with E-state index in [0.29, 0.717) is 5.56 Å². The Morgan fingerprint density at radius 1 is 1.79 bits per heavy atom. The van der Waals surface area contributed by atoms with Crippen LogP contribution in [0.1, 0.15) is 18.9 Å². The van der Waals surface area contributed by atoms with Crippen molar-refractivity contribution in [2.45, 2.75) is 18.9 Å². The molecule has 5 heteroatoms. The molecule has 1 atom stereocenters. The van der Waals surface area contributed by atoms with Crippen LogP contribution in [0.3, 0.4) is 0 Å². The van der Waals surface area contributed by atoms with Crippen molar-refractivity contribution in [3.8, 4) is 0 Å². The van der Waals surface area contributed by atoms with Crippen LogP contribution in [0.5, 0.6) is 0 Å². The molecule has 3 N–H and O–H groups in total. The lowest BCUT2D eigenvalue weighted by atomic mass is 9.91. The third kappa shape index (κ3) is 2.52. The maximum Gasteiger partial charge on any atom is 0.305 e. The summed E-state index contributed by atoms with van der Waals surface area (Å²) in [6.07, 6.45) is 3.06. The zero-order valence-electron chi connectivity index (χ0n) is 7.70. The maximum atomic E-state index is 10.6. The van der Waals surface area contributed by atoms with E-state index < -0.39 is 11.5 Å². The van der Waals surface area contributed by atoms with Crippen molar-refractivity contribution in [1.29, 1.82) is 0 Å². The molecule has 0 aliphatic rings. The molecule has 4 nitrogen and oxygen atoms in total. The van der Waals surface area contributed by atoms with Gasteiger partial charge in [0.1, 0.15) is 0 Å². The number of hydrogen-bond donors (Lipinski definition) is 2. The SMILES string of the molecule is C[C@@](N)(CC(=O)O)c1cnccc1Br. The standard InChI is InChI=1S/C9H11BrN2O2/c1-9(11,4-8(13)14)6-5-12-3-2-7(6)10/h2-3,5H,4,11H2,1H3,(H,13,14)/t9-/m1/s1. The van der Waals surface area contributed by atoms with E-state index in [-0.39, 0.29) is 6.42 Å². The van der Waals surface area contributed by atoms with Gasteiger partial charge in [-0.3, -0.25) is 9.78 Å². The highest BCUT2D eigenvalue weighted by atomic mass is 79.9. The van der Waals surface area contributed by atoms with Crippen molar-refractivity contribution in [3.63, 3.8) is 0 Å². The van der Waals surface area contributed by atoms with Crippen molar-refractivity contribution >= 4 is 21.9 Å². The minimum atomic E-state index is -0.925. The fourth-order valence-electron chi connectivity index (χ4n) is 1.21. The zero-order chi connectivity index (χ0) is 10.8. The fraction of sp³-hybridized carbons (Fsp3) is 0.333. The molecule has 1 aromatic rings. The molecule has 1 heterocycles. The van der Waals surface area contributed by atoms with E-state index in [4.69, 9.17) is 10.8 Å². The molecule has 0 aromatic carbocycles. The van der Waals surface area contributed by atoms with E-state index in [2.05, 4.69) is 20.9 Å². The van der Waals surface area contributed by atoms with Gasteiger partial charge < -0.3 is 10.8 Å². The number of carbonyl (C=O) groups is 1. The Morgan fingerprint density at radius 3 is 2.93 bits per heavy atom. The molecule has 0 saturated heterocycles. The molecule has 0 aliphatic heterocycles. The number of hydrogen-bond acceptors (Lipinski definition) is 3. The summed E-state index contributed by atoms with van der Waals surface area (Å²) >= 11 is 3.31. The van der Waals surface area contributed by atoms with Gasteiger partial charge in [-0.05, 0) is 13.0 Å². The molecule has 1 rings (SSSR count). The third-order valence-electron chi connectivity index (χ3n) is 1.90. The van der Waals surface area contributed by atoms with Crippen molar-refractivity contribution in [2.24, 2.45) is 5.73 Å². The quantitative estimate of drug-likeness (QED) is 0.862. The molecule has 0 aliphatic carbocycles. The summed E-state index contributed by atoms with van der Waals surface area (Å²) in [5, 5.41) is 8.69. The van der Waals surface area contributed by atoms with Crippen molar-refractivity contribution in [3.05, 3.63) is 28.5 Å². The van der Waals surface area contributed by atoms with Gasteiger partial charge in [0.15, 0.2) is 0 Å². The van der Waals surface area contributed by atoms with E-state index >= 15 is 0 Å². The largest absolute Gasteiger partial charge is 0.481 e. The number of aromatic nitrogens is 1. The molecule has 0 radical (unpaired) electrons. The smallest absolute Gasteiger partial charge is 0.305 e. The number of rotatable bonds is 3. The highest BCUT2D eigenvalue weighted by Gasteiger charge is 2.26. The highest BCUT2D eigenvalue weighted by molar-refractivity contribution is 9.10. The Bertz CT molecular complexity index is 352. The summed E-state index contributed by atoms with van der Waals surface area (Å²) in [5.41, 5.74) is 5.68. The molecule has 0 bridgehead atoms. The summed E-state index contributed by atoms with van der Waals surface area (Å²) in [6.45, 7) is 1.67. The second-order valence-electron chi connectivity index (χ2n) is 3.34. The van der Waals surface area contributed by atoms with Gasteiger partial charge in [0.25, 0.3) is 0 Å². The van der Waals surface area contributed by atoms with E-state index in [1.54, 1.807) is 25.4 Å². The summed E-state index contributed by atoms with van der Waals surface area (Å²) in [5.74, 6) is -0.925. The van der Waals surface area contributed by atoms with E-state index in [1.807, 2.05) is 0 Å². The summed E-state index contributed by atoms with van der Waals surface area (Å²) in [7, 11) is 0. The molecule has 76 valence electrons. The molecule has 0 amide bonds. The average molecular weight is 259 g/mol. The van der Waals surface area contributed by atoms with Gasteiger partial charge in [0.05, 0.1) is 12.0 Å². The number of halogens is 1. The van der Waals surface area contributed by atoms with E-state index in [1.165, 1.54) is 0 Å². The van der Waals surface area contributed by atoms with Crippen LogP contribution >= 0.6 is 15.9 Å². The van der Waals surface area contributed by atoms with Gasteiger partial charge in [0, 0.05) is 22.4 Å². The second kappa shape index (κ2) is 4.06. The Labute approximate surface area is 90.3 Å². The minimum absolute atomic E-state index is 0.128. The average Bonchev–Trinajstić information content (AvgIpc) is 2.02. The Hall–Kier alpha value is -0.940. The minimum Gasteiger partial charge on any atom is -0.481 e. The van der Waals surface area contributed by atoms with Crippen LogP contribution in [0, 0.1) is 0 Å². The van der Waals surface area contributed by atoms with Crippen LogP contribution in [0.15, 0.2) is 22.9 Å². The number of nitrogens with two attached hydrogens (primary N) is 1. The van der Waals surface area contributed by atoms with Gasteiger partial charge in [-0.2, -0.15) is 0 Å². The molecule has 0 saturated carbocycles. The van der Waals surface area contributed by atoms with Crippen LogP contribution in [0.2, 0.25) is 0 Å². The van der Waals surface area contributed by atoms with Gasteiger partial charge in [-0.25, -0.2) is 0 Å². The molecular formula is C9H11BrN2O2. The molecule has 14 heavy (non-hydrogen) atoms. The number of carboxylic acids is 1. The number of nitrogens with zero attached hydrogens (tertiary/aromatic N) is 1. The van der Waals surface area contributed by atoms with Gasteiger partial charge >= 0.3 is 5.97 Å². The molecule has 1 aromatic heterocycles. The molecular weight excluding hydrogens is 248 g/mol. The van der Waals surface area contributed by atoms with Crippen molar-refractivity contribution in [2.75, 3.05) is 0 Å².